The molecule has 1 heterocycles. The molecule has 0 radical (unpaired) electrons. The first-order valence-electron chi connectivity index (χ1n) is 6.19. The van der Waals surface area contributed by atoms with Crippen LogP contribution in [0.3, 0.4) is 0 Å². The predicted octanol–water partition coefficient (Wildman–Crippen LogP) is 1.16. The quantitative estimate of drug-likeness (QED) is 0.820. The summed E-state index contributed by atoms with van der Waals surface area (Å²) in [5.41, 5.74) is 0.552. The number of amides is 1. The summed E-state index contributed by atoms with van der Waals surface area (Å²) in [5.74, 6) is -2.21. The number of hydrogen-bond donors (Lipinski definition) is 2. The maximum Gasteiger partial charge on any atom is 0.356 e. The molecule has 1 amide bonds. The summed E-state index contributed by atoms with van der Waals surface area (Å²) in [7, 11) is 2.73. The van der Waals surface area contributed by atoms with Crippen molar-refractivity contribution >= 4 is 23.5 Å². The molecule has 0 atom stereocenters. The number of aryl methyl sites for hydroxylation is 1. The van der Waals surface area contributed by atoms with Gasteiger partial charge in [0.05, 0.1) is 24.6 Å². The van der Waals surface area contributed by atoms with Crippen LogP contribution in [0.15, 0.2) is 30.5 Å². The number of anilines is 1. The molecular weight excluding hydrogens is 290 g/mol. The van der Waals surface area contributed by atoms with Crippen molar-refractivity contribution in [2.24, 2.45) is 7.05 Å². The summed E-state index contributed by atoms with van der Waals surface area (Å²) in [6.07, 6.45) is 1.25. The SMILES string of the molecule is COC(=O)c1ccc(C(=O)Nc2cnn(C)c2C(=O)O)cc1. The van der Waals surface area contributed by atoms with Gasteiger partial charge < -0.3 is 15.2 Å². The number of methoxy groups -OCH3 is 1. The number of ether oxygens (including phenoxy) is 1. The standard InChI is InChI=1S/C14H13N3O5/c1-17-11(13(19)20)10(7-15-17)16-12(18)8-3-5-9(6-4-8)14(21)22-2/h3-7H,1-2H3,(H,16,18)(H,19,20). The van der Waals surface area contributed by atoms with Gasteiger partial charge in [0.1, 0.15) is 0 Å². The summed E-state index contributed by atoms with van der Waals surface area (Å²) >= 11 is 0. The molecule has 114 valence electrons. The van der Waals surface area contributed by atoms with Crippen molar-refractivity contribution in [3.8, 4) is 0 Å². The maximum atomic E-state index is 12.1. The van der Waals surface area contributed by atoms with Crippen molar-refractivity contribution in [2.75, 3.05) is 12.4 Å². The van der Waals surface area contributed by atoms with Crippen LogP contribution in [0.4, 0.5) is 5.69 Å². The fourth-order valence-electron chi connectivity index (χ4n) is 1.85. The summed E-state index contributed by atoms with van der Waals surface area (Å²) in [6.45, 7) is 0. The average Bonchev–Trinajstić information content (AvgIpc) is 2.87. The molecule has 0 saturated heterocycles. The summed E-state index contributed by atoms with van der Waals surface area (Å²) < 4.78 is 5.71. The molecule has 1 aromatic heterocycles. The third kappa shape index (κ3) is 2.95. The van der Waals surface area contributed by atoms with Crippen molar-refractivity contribution in [2.45, 2.75) is 0 Å². The number of benzene rings is 1. The molecule has 2 rings (SSSR count). The first-order chi connectivity index (χ1) is 10.4. The van der Waals surface area contributed by atoms with Crippen molar-refractivity contribution in [1.29, 1.82) is 0 Å². The molecule has 22 heavy (non-hydrogen) atoms. The highest BCUT2D eigenvalue weighted by molar-refractivity contribution is 6.07. The Balaban J connectivity index is 2.19. The Bertz CT molecular complexity index is 733. The van der Waals surface area contributed by atoms with Gasteiger partial charge in [0, 0.05) is 12.6 Å². The number of carboxylic acid groups (broad SMARTS) is 1. The lowest BCUT2D eigenvalue weighted by atomic mass is 10.1. The Morgan fingerprint density at radius 2 is 1.77 bits per heavy atom. The number of carboxylic acids is 1. The van der Waals surface area contributed by atoms with Gasteiger partial charge in [0.25, 0.3) is 5.91 Å². The monoisotopic (exact) mass is 303 g/mol. The summed E-state index contributed by atoms with van der Waals surface area (Å²) in [6, 6.07) is 5.78. The van der Waals surface area contributed by atoms with E-state index in [2.05, 4.69) is 15.2 Å². The van der Waals surface area contributed by atoms with E-state index >= 15 is 0 Å². The largest absolute Gasteiger partial charge is 0.476 e. The van der Waals surface area contributed by atoms with Crippen LogP contribution in [0, 0.1) is 0 Å². The smallest absolute Gasteiger partial charge is 0.356 e. The Labute approximate surface area is 125 Å². The van der Waals surface area contributed by atoms with Crippen molar-refractivity contribution in [3.05, 3.63) is 47.3 Å². The van der Waals surface area contributed by atoms with Gasteiger partial charge in [0.15, 0.2) is 5.69 Å². The predicted molar refractivity (Wildman–Crippen MR) is 75.9 cm³/mol. The van der Waals surface area contributed by atoms with Crippen LogP contribution in [-0.2, 0) is 11.8 Å². The van der Waals surface area contributed by atoms with E-state index in [0.29, 0.717) is 5.56 Å². The van der Waals surface area contributed by atoms with E-state index in [9.17, 15) is 14.4 Å². The Morgan fingerprint density at radius 3 is 2.32 bits per heavy atom. The van der Waals surface area contributed by atoms with Gasteiger partial charge in [-0.1, -0.05) is 0 Å². The fourth-order valence-corrected chi connectivity index (χ4v) is 1.85. The van der Waals surface area contributed by atoms with Crippen LogP contribution < -0.4 is 5.32 Å². The molecular formula is C14H13N3O5. The number of esters is 1. The zero-order chi connectivity index (χ0) is 16.3. The first-order valence-corrected chi connectivity index (χ1v) is 6.19. The third-order valence-electron chi connectivity index (χ3n) is 2.96. The zero-order valence-corrected chi connectivity index (χ0v) is 11.9. The second-order valence-corrected chi connectivity index (χ2v) is 4.36. The molecule has 0 aliphatic carbocycles. The third-order valence-corrected chi connectivity index (χ3v) is 2.96. The first kappa shape index (κ1) is 15.2. The number of aromatic carboxylic acids is 1. The molecule has 0 bridgehead atoms. The molecule has 8 nitrogen and oxygen atoms in total. The number of carbonyl (C=O) groups is 3. The number of carbonyl (C=O) groups excluding carboxylic acids is 2. The number of nitrogens with zero attached hydrogens (tertiary/aromatic N) is 2. The maximum absolute atomic E-state index is 12.1. The second kappa shape index (κ2) is 6.08. The number of hydrogen-bond acceptors (Lipinski definition) is 5. The van der Waals surface area contributed by atoms with Crippen molar-refractivity contribution in [3.63, 3.8) is 0 Å². The Kier molecular flexibility index (Phi) is 4.21. The van der Waals surface area contributed by atoms with E-state index in [0.717, 1.165) is 4.68 Å². The molecule has 8 heteroatoms. The highest BCUT2D eigenvalue weighted by atomic mass is 16.5. The van der Waals surface area contributed by atoms with Crippen LogP contribution in [0.5, 0.6) is 0 Å². The Hall–Kier alpha value is -3.16. The number of nitrogens with one attached hydrogen (secondary N) is 1. The minimum Gasteiger partial charge on any atom is -0.476 e. The van der Waals surface area contributed by atoms with Gasteiger partial charge in [-0.3, -0.25) is 9.48 Å². The van der Waals surface area contributed by atoms with E-state index in [1.54, 1.807) is 0 Å². The molecule has 0 fully saturated rings. The molecule has 0 saturated carbocycles. The van der Waals surface area contributed by atoms with Crippen LogP contribution in [0.2, 0.25) is 0 Å². The fraction of sp³-hybridized carbons (Fsp3) is 0.143. The molecule has 1 aromatic carbocycles. The topological polar surface area (TPSA) is 111 Å². The molecule has 0 aliphatic heterocycles. The van der Waals surface area contributed by atoms with Gasteiger partial charge in [0.2, 0.25) is 0 Å². The zero-order valence-electron chi connectivity index (χ0n) is 11.9. The molecule has 0 spiro atoms. The van der Waals surface area contributed by atoms with E-state index in [1.165, 1.54) is 44.6 Å². The molecule has 0 aliphatic rings. The van der Waals surface area contributed by atoms with Crippen LogP contribution in [0.25, 0.3) is 0 Å². The highest BCUT2D eigenvalue weighted by Gasteiger charge is 2.18. The molecule has 0 unspecified atom stereocenters. The minimum atomic E-state index is -1.20. The molecule has 2 aromatic rings. The van der Waals surface area contributed by atoms with Crippen molar-refractivity contribution < 1.29 is 24.2 Å². The van der Waals surface area contributed by atoms with Gasteiger partial charge in [-0.15, -0.1) is 0 Å². The normalized spacial score (nSPS) is 10.1. The second-order valence-electron chi connectivity index (χ2n) is 4.36. The lowest BCUT2D eigenvalue weighted by Crippen LogP contribution is -2.15. The van der Waals surface area contributed by atoms with E-state index in [1.807, 2.05) is 0 Å². The van der Waals surface area contributed by atoms with Crippen LogP contribution in [-0.4, -0.2) is 39.8 Å². The summed E-state index contributed by atoms with van der Waals surface area (Å²) in [4.78, 5) is 34.5. The van der Waals surface area contributed by atoms with Crippen LogP contribution in [0.1, 0.15) is 31.2 Å². The van der Waals surface area contributed by atoms with Gasteiger partial charge >= 0.3 is 11.9 Å². The minimum absolute atomic E-state index is 0.0945. The number of rotatable bonds is 4. The van der Waals surface area contributed by atoms with E-state index in [4.69, 9.17) is 5.11 Å². The lowest BCUT2D eigenvalue weighted by Gasteiger charge is -2.05. The van der Waals surface area contributed by atoms with Gasteiger partial charge in [-0.05, 0) is 24.3 Å². The van der Waals surface area contributed by atoms with Gasteiger partial charge in [-0.2, -0.15) is 5.10 Å². The van der Waals surface area contributed by atoms with Crippen molar-refractivity contribution in [1.82, 2.24) is 9.78 Å². The Morgan fingerprint density at radius 1 is 1.18 bits per heavy atom. The number of aromatic nitrogens is 2. The molecule has 2 N–H and O–H groups in total. The highest BCUT2D eigenvalue weighted by Crippen LogP contribution is 2.15. The van der Waals surface area contributed by atoms with Gasteiger partial charge in [-0.25, -0.2) is 9.59 Å². The lowest BCUT2D eigenvalue weighted by molar-refractivity contribution is 0.0599. The average molecular weight is 303 g/mol. The van der Waals surface area contributed by atoms with E-state index < -0.39 is 17.8 Å². The van der Waals surface area contributed by atoms with Crippen LogP contribution >= 0.6 is 0 Å². The summed E-state index contributed by atoms with van der Waals surface area (Å²) in [5, 5.41) is 15.3. The van der Waals surface area contributed by atoms with E-state index in [-0.39, 0.29) is 16.9 Å².